The standard InChI is InChI=1S/C18H23N5O/c1-11-13(14(19)23-15(22-11)20-10-21-23)6-8-18(24)16(2,3)12-5-7-17(18,4)9-12/h10,12,24H,5,7,9,19H2,1-4H3/t12-,17-,18+/m1/s1. The molecule has 3 N–H and O–H groups in total. The minimum absolute atomic E-state index is 0.165. The van der Waals surface area contributed by atoms with E-state index in [0.29, 0.717) is 28.8 Å². The van der Waals surface area contributed by atoms with Gasteiger partial charge in [0.1, 0.15) is 17.7 Å². The number of nitrogens with zero attached hydrogens (tertiary/aromatic N) is 4. The number of nitrogens with two attached hydrogens (primary N) is 1. The van der Waals surface area contributed by atoms with Crippen molar-refractivity contribution in [1.29, 1.82) is 0 Å². The Labute approximate surface area is 141 Å². The van der Waals surface area contributed by atoms with Gasteiger partial charge in [-0.3, -0.25) is 0 Å². The molecule has 6 nitrogen and oxygen atoms in total. The number of aryl methyl sites for hydroxylation is 1. The van der Waals surface area contributed by atoms with E-state index in [4.69, 9.17) is 5.73 Å². The first kappa shape index (κ1) is 15.4. The van der Waals surface area contributed by atoms with E-state index in [1.807, 2.05) is 6.92 Å². The van der Waals surface area contributed by atoms with Gasteiger partial charge in [-0.05, 0) is 32.1 Å². The number of rotatable bonds is 0. The lowest BCUT2D eigenvalue weighted by Gasteiger charge is -2.47. The van der Waals surface area contributed by atoms with E-state index >= 15 is 0 Å². The van der Waals surface area contributed by atoms with Crippen LogP contribution in [-0.4, -0.2) is 30.3 Å². The second kappa shape index (κ2) is 4.48. The second-order valence-electron chi connectivity index (χ2n) is 8.11. The van der Waals surface area contributed by atoms with Crippen molar-refractivity contribution < 1.29 is 5.11 Å². The van der Waals surface area contributed by atoms with E-state index in [-0.39, 0.29) is 10.8 Å². The maximum absolute atomic E-state index is 11.5. The Morgan fingerprint density at radius 3 is 2.79 bits per heavy atom. The van der Waals surface area contributed by atoms with Gasteiger partial charge in [-0.2, -0.15) is 14.6 Å². The van der Waals surface area contributed by atoms with Crippen LogP contribution in [-0.2, 0) is 0 Å². The number of aromatic nitrogens is 4. The topological polar surface area (TPSA) is 89.3 Å². The largest absolute Gasteiger partial charge is 0.382 e. The van der Waals surface area contributed by atoms with Gasteiger partial charge >= 0.3 is 0 Å². The number of aliphatic hydroxyl groups is 1. The molecule has 0 radical (unpaired) electrons. The molecular formula is C18H23N5O. The third-order valence-corrected chi connectivity index (χ3v) is 6.58. The highest BCUT2D eigenvalue weighted by Crippen LogP contribution is 2.67. The van der Waals surface area contributed by atoms with Gasteiger partial charge in [0.05, 0.1) is 11.3 Å². The van der Waals surface area contributed by atoms with Crippen LogP contribution in [0.1, 0.15) is 51.3 Å². The highest BCUT2D eigenvalue weighted by molar-refractivity contribution is 5.58. The Balaban J connectivity index is 1.85. The first-order chi connectivity index (χ1) is 11.2. The number of hydrogen-bond donors (Lipinski definition) is 2. The van der Waals surface area contributed by atoms with Crippen molar-refractivity contribution in [2.45, 2.75) is 52.6 Å². The van der Waals surface area contributed by atoms with Crippen molar-refractivity contribution in [2.24, 2.45) is 16.7 Å². The maximum atomic E-state index is 11.5. The lowest BCUT2D eigenvalue weighted by molar-refractivity contribution is -0.0953. The first-order valence-electron chi connectivity index (χ1n) is 8.41. The van der Waals surface area contributed by atoms with E-state index < -0.39 is 5.60 Å². The predicted molar refractivity (Wildman–Crippen MR) is 91.0 cm³/mol. The van der Waals surface area contributed by atoms with Gasteiger partial charge in [0.25, 0.3) is 5.78 Å². The van der Waals surface area contributed by atoms with E-state index in [2.05, 4.69) is 47.7 Å². The number of hydrogen-bond acceptors (Lipinski definition) is 5. The summed E-state index contributed by atoms with van der Waals surface area (Å²) in [5.41, 5.74) is 6.09. The lowest BCUT2D eigenvalue weighted by Crippen LogP contribution is -2.53. The zero-order valence-electron chi connectivity index (χ0n) is 14.6. The molecule has 0 amide bonds. The molecule has 6 heteroatoms. The third kappa shape index (κ3) is 1.68. The van der Waals surface area contributed by atoms with Crippen molar-refractivity contribution in [3.05, 3.63) is 17.6 Å². The van der Waals surface area contributed by atoms with Gasteiger partial charge in [-0.25, -0.2) is 4.98 Å². The second-order valence-corrected chi connectivity index (χ2v) is 8.11. The molecule has 2 saturated carbocycles. The molecule has 2 bridgehead atoms. The predicted octanol–water partition coefficient (Wildman–Crippen LogP) is 1.94. The first-order valence-corrected chi connectivity index (χ1v) is 8.41. The van der Waals surface area contributed by atoms with Gasteiger partial charge in [0.2, 0.25) is 0 Å². The monoisotopic (exact) mass is 325 g/mol. The summed E-state index contributed by atoms with van der Waals surface area (Å²) in [5.74, 6) is 7.72. The summed E-state index contributed by atoms with van der Waals surface area (Å²) >= 11 is 0. The molecule has 2 aromatic heterocycles. The van der Waals surface area contributed by atoms with Crippen LogP contribution in [0.25, 0.3) is 5.78 Å². The van der Waals surface area contributed by atoms with Crippen molar-refractivity contribution in [2.75, 3.05) is 5.73 Å². The number of anilines is 1. The smallest absolute Gasteiger partial charge is 0.254 e. The molecule has 0 aliphatic heterocycles. The number of nitrogen functional groups attached to an aromatic ring is 1. The van der Waals surface area contributed by atoms with Gasteiger partial charge in [0, 0.05) is 10.8 Å². The van der Waals surface area contributed by atoms with Crippen molar-refractivity contribution in [1.82, 2.24) is 19.6 Å². The molecule has 24 heavy (non-hydrogen) atoms. The number of fused-ring (bicyclic) bond motifs is 3. The summed E-state index contributed by atoms with van der Waals surface area (Å²) in [6, 6.07) is 0. The average Bonchev–Trinajstić information content (AvgIpc) is 3.16. The Bertz CT molecular complexity index is 898. The Morgan fingerprint density at radius 1 is 1.38 bits per heavy atom. The van der Waals surface area contributed by atoms with Crippen molar-refractivity contribution in [3.8, 4) is 11.8 Å². The summed E-state index contributed by atoms with van der Waals surface area (Å²) in [4.78, 5) is 8.45. The third-order valence-electron chi connectivity index (χ3n) is 6.58. The lowest BCUT2D eigenvalue weighted by atomic mass is 9.60. The fraction of sp³-hybridized carbons (Fsp3) is 0.611. The van der Waals surface area contributed by atoms with Gasteiger partial charge in [0.15, 0.2) is 0 Å². The normalized spacial score (nSPS) is 33.6. The van der Waals surface area contributed by atoms with Gasteiger partial charge in [-0.15, -0.1) is 0 Å². The van der Waals surface area contributed by atoms with Crippen molar-refractivity contribution >= 4 is 11.6 Å². The molecule has 2 fully saturated rings. The Kier molecular flexibility index (Phi) is 2.88. The van der Waals surface area contributed by atoms with E-state index in [1.54, 1.807) is 0 Å². The summed E-state index contributed by atoms with van der Waals surface area (Å²) < 4.78 is 1.48. The molecule has 0 saturated heterocycles. The van der Waals surface area contributed by atoms with Crippen LogP contribution in [0.5, 0.6) is 0 Å². The van der Waals surface area contributed by atoms with E-state index in [9.17, 15) is 5.11 Å². The fourth-order valence-electron chi connectivity index (χ4n) is 4.86. The molecule has 2 heterocycles. The Morgan fingerprint density at radius 2 is 2.12 bits per heavy atom. The molecule has 0 unspecified atom stereocenters. The summed E-state index contributed by atoms with van der Waals surface area (Å²) in [5, 5.41) is 15.6. The van der Waals surface area contributed by atoms with Crippen LogP contribution in [0.2, 0.25) is 0 Å². The average molecular weight is 325 g/mol. The quantitative estimate of drug-likeness (QED) is 0.723. The minimum atomic E-state index is -1.03. The molecule has 0 spiro atoms. The molecular weight excluding hydrogens is 302 g/mol. The van der Waals surface area contributed by atoms with Gasteiger partial charge < -0.3 is 10.8 Å². The van der Waals surface area contributed by atoms with Crippen molar-refractivity contribution in [3.63, 3.8) is 0 Å². The van der Waals surface area contributed by atoms with E-state index in [1.165, 1.54) is 17.3 Å². The van der Waals surface area contributed by atoms with Crippen LogP contribution >= 0.6 is 0 Å². The zero-order valence-corrected chi connectivity index (χ0v) is 14.6. The molecule has 0 aromatic carbocycles. The summed E-state index contributed by atoms with van der Waals surface area (Å²) in [6.07, 6.45) is 4.63. The fourth-order valence-corrected chi connectivity index (χ4v) is 4.86. The summed E-state index contributed by atoms with van der Waals surface area (Å²) in [6.45, 7) is 8.27. The molecule has 126 valence electrons. The highest BCUT2D eigenvalue weighted by Gasteiger charge is 2.68. The van der Waals surface area contributed by atoms with Gasteiger partial charge in [-0.1, -0.05) is 32.6 Å². The Hall–Kier alpha value is -2.13. The van der Waals surface area contributed by atoms with Crippen LogP contribution < -0.4 is 5.73 Å². The van der Waals surface area contributed by atoms with Crippen LogP contribution in [0.4, 0.5) is 5.82 Å². The van der Waals surface area contributed by atoms with Crippen LogP contribution in [0.15, 0.2) is 6.33 Å². The zero-order chi connectivity index (χ0) is 17.3. The molecule has 3 atom stereocenters. The van der Waals surface area contributed by atoms with Crippen LogP contribution in [0, 0.1) is 35.5 Å². The maximum Gasteiger partial charge on any atom is 0.254 e. The SMILES string of the molecule is Cc1nc2ncnn2c(N)c1C#C[C@]1(O)C(C)(C)[C@@H]2CC[C@]1(C)C2. The molecule has 2 aromatic rings. The van der Waals surface area contributed by atoms with E-state index in [0.717, 1.165) is 12.8 Å². The minimum Gasteiger partial charge on any atom is -0.382 e. The summed E-state index contributed by atoms with van der Waals surface area (Å²) in [7, 11) is 0. The molecule has 2 aliphatic carbocycles. The molecule has 4 rings (SSSR count). The highest BCUT2D eigenvalue weighted by atomic mass is 16.3. The van der Waals surface area contributed by atoms with Crippen LogP contribution in [0.3, 0.4) is 0 Å². The molecule has 2 aliphatic rings.